The first-order valence-corrected chi connectivity index (χ1v) is 6.74. The third-order valence-electron chi connectivity index (χ3n) is 2.95. The molecule has 0 saturated carbocycles. The van der Waals surface area contributed by atoms with Crippen molar-refractivity contribution in [2.24, 2.45) is 0 Å². The van der Waals surface area contributed by atoms with Gasteiger partial charge >= 0.3 is 0 Å². The molecule has 2 aromatic rings. The molecule has 0 spiro atoms. The van der Waals surface area contributed by atoms with E-state index in [0.29, 0.717) is 17.9 Å². The first-order valence-electron chi connectivity index (χ1n) is 6.36. The van der Waals surface area contributed by atoms with Crippen LogP contribution in [0.15, 0.2) is 48.5 Å². The zero-order valence-corrected chi connectivity index (χ0v) is 12.0. The Morgan fingerprint density at radius 3 is 2.50 bits per heavy atom. The van der Waals surface area contributed by atoms with Crippen molar-refractivity contribution in [1.82, 2.24) is 0 Å². The Balaban J connectivity index is 1.87. The van der Waals surface area contributed by atoms with Gasteiger partial charge in [-0.2, -0.15) is 0 Å². The summed E-state index contributed by atoms with van der Waals surface area (Å²) in [7, 11) is 1.61. The van der Waals surface area contributed by atoms with Crippen molar-refractivity contribution in [2.75, 3.05) is 12.4 Å². The maximum Gasteiger partial charge on any atom is 0.224 e. The average Bonchev–Trinajstić information content (AvgIpc) is 2.47. The maximum atomic E-state index is 11.9. The van der Waals surface area contributed by atoms with E-state index in [-0.39, 0.29) is 5.91 Å². The molecule has 0 heterocycles. The van der Waals surface area contributed by atoms with E-state index in [4.69, 9.17) is 16.3 Å². The highest BCUT2D eigenvalue weighted by Gasteiger charge is 2.05. The molecule has 4 heteroatoms. The fourth-order valence-electron chi connectivity index (χ4n) is 1.85. The van der Waals surface area contributed by atoms with Gasteiger partial charge in [-0.3, -0.25) is 4.79 Å². The van der Waals surface area contributed by atoms with E-state index in [1.165, 1.54) is 0 Å². The number of hydrogen-bond acceptors (Lipinski definition) is 2. The van der Waals surface area contributed by atoms with E-state index < -0.39 is 0 Å². The second kappa shape index (κ2) is 6.96. The van der Waals surface area contributed by atoms with Crippen molar-refractivity contribution in [1.29, 1.82) is 0 Å². The molecule has 2 aromatic carbocycles. The highest BCUT2D eigenvalue weighted by Crippen LogP contribution is 2.18. The third-order valence-corrected chi connectivity index (χ3v) is 3.32. The first-order chi connectivity index (χ1) is 9.69. The van der Waals surface area contributed by atoms with Gasteiger partial charge in [-0.25, -0.2) is 0 Å². The van der Waals surface area contributed by atoms with Crippen LogP contribution >= 0.6 is 11.6 Å². The maximum absolute atomic E-state index is 11.9. The van der Waals surface area contributed by atoms with Gasteiger partial charge in [-0.15, -0.1) is 0 Å². The molecule has 1 amide bonds. The van der Waals surface area contributed by atoms with Crippen LogP contribution in [-0.2, 0) is 11.2 Å². The van der Waals surface area contributed by atoms with Gasteiger partial charge in [0.05, 0.1) is 7.11 Å². The van der Waals surface area contributed by atoms with Gasteiger partial charge in [-0.05, 0) is 42.3 Å². The minimum absolute atomic E-state index is 0.0323. The SMILES string of the molecule is COc1ccc(NC(=O)CCc2ccccc2Cl)cc1. The lowest BCUT2D eigenvalue weighted by molar-refractivity contribution is -0.116. The normalized spacial score (nSPS) is 10.1. The molecule has 0 bridgehead atoms. The number of amides is 1. The molecular weight excluding hydrogens is 274 g/mol. The number of carbonyl (C=O) groups is 1. The van der Waals surface area contributed by atoms with E-state index in [9.17, 15) is 4.79 Å². The predicted octanol–water partition coefficient (Wildman–Crippen LogP) is 3.92. The van der Waals surface area contributed by atoms with E-state index in [0.717, 1.165) is 17.0 Å². The number of hydrogen-bond donors (Lipinski definition) is 1. The number of ether oxygens (including phenoxy) is 1. The van der Waals surface area contributed by atoms with Crippen LogP contribution < -0.4 is 10.1 Å². The van der Waals surface area contributed by atoms with Crippen LogP contribution in [0, 0.1) is 0 Å². The molecule has 0 aliphatic heterocycles. The summed E-state index contributed by atoms with van der Waals surface area (Å²) in [4.78, 5) is 11.9. The number of anilines is 1. The quantitative estimate of drug-likeness (QED) is 0.906. The summed E-state index contributed by atoms with van der Waals surface area (Å²) < 4.78 is 5.07. The van der Waals surface area contributed by atoms with E-state index in [1.54, 1.807) is 7.11 Å². The van der Waals surface area contributed by atoms with Gasteiger partial charge in [-0.1, -0.05) is 29.8 Å². The Labute approximate surface area is 123 Å². The van der Waals surface area contributed by atoms with Crippen molar-refractivity contribution >= 4 is 23.2 Å². The molecule has 0 radical (unpaired) electrons. The Hall–Kier alpha value is -2.00. The van der Waals surface area contributed by atoms with Crippen LogP contribution in [-0.4, -0.2) is 13.0 Å². The fraction of sp³-hybridized carbons (Fsp3) is 0.188. The van der Waals surface area contributed by atoms with Crippen LogP contribution in [0.1, 0.15) is 12.0 Å². The molecule has 0 fully saturated rings. The molecule has 3 nitrogen and oxygen atoms in total. The van der Waals surface area contributed by atoms with Gasteiger partial charge in [0.1, 0.15) is 5.75 Å². The van der Waals surface area contributed by atoms with Crippen molar-refractivity contribution < 1.29 is 9.53 Å². The number of nitrogens with one attached hydrogen (secondary N) is 1. The van der Waals surface area contributed by atoms with Gasteiger partial charge < -0.3 is 10.1 Å². The van der Waals surface area contributed by atoms with Gasteiger partial charge in [0.15, 0.2) is 0 Å². The zero-order valence-electron chi connectivity index (χ0n) is 11.2. The molecule has 0 aromatic heterocycles. The monoisotopic (exact) mass is 289 g/mol. The highest BCUT2D eigenvalue weighted by molar-refractivity contribution is 6.31. The summed E-state index contributed by atoms with van der Waals surface area (Å²) in [5.74, 6) is 0.731. The number of rotatable bonds is 5. The summed E-state index contributed by atoms with van der Waals surface area (Å²) >= 11 is 6.06. The molecular formula is C16H16ClNO2. The molecule has 0 atom stereocenters. The Kier molecular flexibility index (Phi) is 5.02. The van der Waals surface area contributed by atoms with E-state index >= 15 is 0 Å². The molecule has 0 unspecified atom stereocenters. The topological polar surface area (TPSA) is 38.3 Å². The average molecular weight is 290 g/mol. The van der Waals surface area contributed by atoms with Crippen molar-refractivity contribution in [2.45, 2.75) is 12.8 Å². The van der Waals surface area contributed by atoms with Gasteiger partial charge in [0.2, 0.25) is 5.91 Å². The fourth-order valence-corrected chi connectivity index (χ4v) is 2.08. The van der Waals surface area contributed by atoms with Gasteiger partial charge in [0, 0.05) is 17.1 Å². The molecule has 20 heavy (non-hydrogen) atoms. The molecule has 104 valence electrons. The van der Waals surface area contributed by atoms with Crippen molar-refractivity contribution in [3.63, 3.8) is 0 Å². The number of aryl methyl sites for hydroxylation is 1. The Bertz CT molecular complexity index is 581. The number of carbonyl (C=O) groups excluding carboxylic acids is 1. The molecule has 1 N–H and O–H groups in total. The summed E-state index contributed by atoms with van der Waals surface area (Å²) in [5.41, 5.74) is 1.74. The lowest BCUT2D eigenvalue weighted by Crippen LogP contribution is -2.12. The Morgan fingerprint density at radius 2 is 1.85 bits per heavy atom. The molecule has 0 aliphatic carbocycles. The Morgan fingerprint density at radius 1 is 1.15 bits per heavy atom. The summed E-state index contributed by atoms with van der Waals surface area (Å²) in [6.07, 6.45) is 1.03. The predicted molar refractivity (Wildman–Crippen MR) is 81.4 cm³/mol. The molecule has 2 rings (SSSR count). The standard InChI is InChI=1S/C16H16ClNO2/c1-20-14-9-7-13(8-10-14)18-16(19)11-6-12-4-2-3-5-15(12)17/h2-5,7-10H,6,11H2,1H3,(H,18,19). The molecule has 0 saturated heterocycles. The third kappa shape index (κ3) is 4.00. The molecule has 0 aliphatic rings. The van der Waals surface area contributed by atoms with E-state index in [1.807, 2.05) is 48.5 Å². The summed E-state index contributed by atoms with van der Waals surface area (Å²) in [6.45, 7) is 0. The first kappa shape index (κ1) is 14.4. The number of benzene rings is 2. The van der Waals surface area contributed by atoms with Crippen LogP contribution in [0.4, 0.5) is 5.69 Å². The smallest absolute Gasteiger partial charge is 0.224 e. The van der Waals surface area contributed by atoms with Gasteiger partial charge in [0.25, 0.3) is 0 Å². The van der Waals surface area contributed by atoms with Crippen LogP contribution in [0.5, 0.6) is 5.75 Å². The minimum atomic E-state index is -0.0323. The lowest BCUT2D eigenvalue weighted by atomic mass is 10.1. The number of halogens is 1. The second-order valence-corrected chi connectivity index (χ2v) is 4.78. The van der Waals surface area contributed by atoms with Crippen LogP contribution in [0.2, 0.25) is 5.02 Å². The van der Waals surface area contributed by atoms with Crippen molar-refractivity contribution in [3.8, 4) is 5.75 Å². The number of methoxy groups -OCH3 is 1. The highest BCUT2D eigenvalue weighted by atomic mass is 35.5. The lowest BCUT2D eigenvalue weighted by Gasteiger charge is -2.07. The van der Waals surface area contributed by atoms with Crippen LogP contribution in [0.3, 0.4) is 0 Å². The second-order valence-electron chi connectivity index (χ2n) is 4.37. The van der Waals surface area contributed by atoms with E-state index in [2.05, 4.69) is 5.32 Å². The minimum Gasteiger partial charge on any atom is -0.497 e. The largest absolute Gasteiger partial charge is 0.497 e. The zero-order chi connectivity index (χ0) is 14.4. The summed E-state index contributed by atoms with van der Waals surface area (Å²) in [6, 6.07) is 14.8. The van der Waals surface area contributed by atoms with Crippen molar-refractivity contribution in [3.05, 3.63) is 59.1 Å². The van der Waals surface area contributed by atoms with Crippen LogP contribution in [0.25, 0.3) is 0 Å². The summed E-state index contributed by atoms with van der Waals surface area (Å²) in [5, 5.41) is 3.54.